The lowest BCUT2D eigenvalue weighted by Crippen LogP contribution is -2.31. The van der Waals surface area contributed by atoms with Gasteiger partial charge in [-0.1, -0.05) is 35.9 Å². The molecule has 29 heavy (non-hydrogen) atoms. The Morgan fingerprint density at radius 2 is 2.07 bits per heavy atom. The molecular formula is C22H17ClFNO4. The van der Waals surface area contributed by atoms with Crippen LogP contribution in [0.2, 0.25) is 5.02 Å². The minimum Gasteiger partial charge on any atom is -0.458 e. The van der Waals surface area contributed by atoms with Crippen LogP contribution < -0.4 is 4.74 Å². The molecule has 4 rings (SSSR count). The first-order valence-corrected chi connectivity index (χ1v) is 9.44. The van der Waals surface area contributed by atoms with E-state index in [1.165, 1.54) is 12.1 Å². The quantitative estimate of drug-likeness (QED) is 0.616. The highest BCUT2D eigenvalue weighted by Crippen LogP contribution is 2.35. The van der Waals surface area contributed by atoms with Crippen molar-refractivity contribution in [2.24, 2.45) is 0 Å². The van der Waals surface area contributed by atoms with Crippen molar-refractivity contribution >= 4 is 34.5 Å². The van der Waals surface area contributed by atoms with E-state index in [1.54, 1.807) is 30.5 Å². The number of esters is 1. The average Bonchev–Trinajstić information content (AvgIpc) is 2.69. The van der Waals surface area contributed by atoms with Gasteiger partial charge in [-0.2, -0.15) is 0 Å². The molecule has 148 valence electrons. The first-order chi connectivity index (χ1) is 14.0. The van der Waals surface area contributed by atoms with Crippen LogP contribution in [0.4, 0.5) is 4.39 Å². The molecule has 0 amide bonds. The molecule has 0 radical (unpaired) electrons. The van der Waals surface area contributed by atoms with Crippen LogP contribution in [0.5, 0.6) is 11.5 Å². The summed E-state index contributed by atoms with van der Waals surface area (Å²) in [6.45, 7) is 0. The maximum Gasteiger partial charge on any atom is 0.309 e. The number of aliphatic hydroxyl groups is 1. The topological polar surface area (TPSA) is 68.7 Å². The van der Waals surface area contributed by atoms with E-state index in [1.807, 2.05) is 18.2 Å². The lowest BCUT2D eigenvalue weighted by molar-refractivity contribution is -0.156. The van der Waals surface area contributed by atoms with Crippen LogP contribution in [0.15, 0.2) is 54.7 Å². The highest BCUT2D eigenvalue weighted by atomic mass is 35.5. The highest BCUT2D eigenvalue weighted by Gasteiger charge is 2.25. The molecule has 1 aliphatic rings. The van der Waals surface area contributed by atoms with Gasteiger partial charge < -0.3 is 14.6 Å². The summed E-state index contributed by atoms with van der Waals surface area (Å²) < 4.78 is 25.4. The molecule has 2 aromatic carbocycles. The predicted molar refractivity (Wildman–Crippen MR) is 107 cm³/mol. The van der Waals surface area contributed by atoms with Gasteiger partial charge in [-0.05, 0) is 30.3 Å². The maximum atomic E-state index is 14.1. The maximum absolute atomic E-state index is 14.1. The molecular weight excluding hydrogens is 397 g/mol. The Morgan fingerprint density at radius 3 is 2.83 bits per heavy atom. The lowest BCUT2D eigenvalue weighted by atomic mass is 10.0. The number of para-hydroxylation sites is 1. The number of aromatic nitrogens is 1. The fraction of sp³-hybridized carbons (Fsp3) is 0.182. The second kappa shape index (κ2) is 8.19. The van der Waals surface area contributed by atoms with Gasteiger partial charge >= 0.3 is 5.97 Å². The van der Waals surface area contributed by atoms with Gasteiger partial charge in [0, 0.05) is 23.6 Å². The first kappa shape index (κ1) is 19.4. The van der Waals surface area contributed by atoms with Crippen molar-refractivity contribution in [2.45, 2.75) is 25.0 Å². The first-order valence-electron chi connectivity index (χ1n) is 9.06. The Balaban J connectivity index is 1.76. The number of hydrogen-bond donors (Lipinski definition) is 1. The predicted octanol–water partition coefficient (Wildman–Crippen LogP) is 4.90. The van der Waals surface area contributed by atoms with Crippen LogP contribution in [0.3, 0.4) is 0 Å². The number of halogens is 2. The van der Waals surface area contributed by atoms with Crippen LogP contribution in [0.25, 0.3) is 17.0 Å². The van der Waals surface area contributed by atoms with Gasteiger partial charge in [0.2, 0.25) is 0 Å². The van der Waals surface area contributed by atoms with Crippen molar-refractivity contribution in [3.8, 4) is 11.5 Å². The standard InChI is InChI=1S/C22H17ClFNO4/c23-18-11-20-17(10-19(18)24)22(29-15-4-2-1-3-5-15)13(12-25-20)6-7-16-8-14(26)9-21(27)28-16/h1-7,10-12,14,16,26H,8-9H2/b7-6+/t14-,16-/m1/s1. The van der Waals surface area contributed by atoms with Gasteiger partial charge in [-0.3, -0.25) is 9.78 Å². The SMILES string of the molecule is O=C1C[C@H](O)C[C@@H](/C=C/c2cnc3cc(Cl)c(F)cc3c2Oc2ccccc2)O1. The monoisotopic (exact) mass is 413 g/mol. The minimum atomic E-state index is -0.739. The molecule has 5 nitrogen and oxygen atoms in total. The third kappa shape index (κ3) is 4.39. The van der Waals surface area contributed by atoms with Gasteiger partial charge in [-0.15, -0.1) is 0 Å². The van der Waals surface area contributed by atoms with Gasteiger partial charge in [0.1, 0.15) is 23.4 Å². The van der Waals surface area contributed by atoms with E-state index >= 15 is 0 Å². The molecule has 1 saturated heterocycles. The zero-order valence-corrected chi connectivity index (χ0v) is 16.0. The van der Waals surface area contributed by atoms with Crippen molar-refractivity contribution < 1.29 is 23.8 Å². The van der Waals surface area contributed by atoms with E-state index in [0.29, 0.717) is 34.4 Å². The van der Waals surface area contributed by atoms with E-state index in [2.05, 4.69) is 4.98 Å². The number of carbonyl (C=O) groups excluding carboxylic acids is 1. The van der Waals surface area contributed by atoms with Crippen molar-refractivity contribution in [1.82, 2.24) is 4.98 Å². The number of nitrogens with zero attached hydrogens (tertiary/aromatic N) is 1. The molecule has 7 heteroatoms. The molecule has 0 bridgehead atoms. The van der Waals surface area contributed by atoms with Crippen LogP contribution in [-0.4, -0.2) is 28.3 Å². The summed E-state index contributed by atoms with van der Waals surface area (Å²) in [7, 11) is 0. The number of rotatable bonds is 4. The third-order valence-electron chi connectivity index (χ3n) is 4.53. The van der Waals surface area contributed by atoms with Crippen molar-refractivity contribution in [1.29, 1.82) is 0 Å². The molecule has 1 fully saturated rings. The second-order valence-corrected chi connectivity index (χ2v) is 7.13. The van der Waals surface area contributed by atoms with E-state index in [0.717, 1.165) is 0 Å². The van der Waals surface area contributed by atoms with E-state index < -0.39 is 24.0 Å². The summed E-state index contributed by atoms with van der Waals surface area (Å²) in [5.41, 5.74) is 1.05. The Kier molecular flexibility index (Phi) is 5.47. The summed E-state index contributed by atoms with van der Waals surface area (Å²) in [5.74, 6) is -0.0583. The van der Waals surface area contributed by atoms with E-state index in [4.69, 9.17) is 21.1 Å². The van der Waals surface area contributed by atoms with Crippen molar-refractivity contribution in [2.75, 3.05) is 0 Å². The summed E-state index contributed by atoms with van der Waals surface area (Å²) >= 11 is 5.89. The van der Waals surface area contributed by atoms with E-state index in [-0.39, 0.29) is 11.4 Å². The lowest BCUT2D eigenvalue weighted by Gasteiger charge is -2.23. The fourth-order valence-electron chi connectivity index (χ4n) is 3.16. The Hall–Kier alpha value is -2.96. The molecule has 0 aliphatic carbocycles. The largest absolute Gasteiger partial charge is 0.458 e. The molecule has 1 N–H and O–H groups in total. The zero-order valence-electron chi connectivity index (χ0n) is 15.2. The Morgan fingerprint density at radius 1 is 1.28 bits per heavy atom. The molecule has 0 saturated carbocycles. The number of benzene rings is 2. The summed E-state index contributed by atoms with van der Waals surface area (Å²) in [6.07, 6.45) is 3.92. The summed E-state index contributed by atoms with van der Waals surface area (Å²) in [4.78, 5) is 15.9. The third-order valence-corrected chi connectivity index (χ3v) is 4.82. The van der Waals surface area contributed by atoms with Crippen LogP contribution in [0.1, 0.15) is 18.4 Å². The van der Waals surface area contributed by atoms with Gasteiger partial charge in [0.05, 0.1) is 23.1 Å². The number of fused-ring (bicyclic) bond motifs is 1. The molecule has 1 aliphatic heterocycles. The minimum absolute atomic E-state index is 0.00965. The normalized spacial score (nSPS) is 19.5. The van der Waals surface area contributed by atoms with Crippen molar-refractivity contribution in [3.63, 3.8) is 0 Å². The molecule has 2 heterocycles. The molecule has 0 unspecified atom stereocenters. The number of cyclic esters (lactones) is 1. The molecule has 1 aromatic heterocycles. The number of aliphatic hydroxyl groups excluding tert-OH is 1. The van der Waals surface area contributed by atoms with Gasteiger partial charge in [-0.25, -0.2) is 4.39 Å². The number of pyridine rings is 1. The number of carbonyl (C=O) groups is 1. The average molecular weight is 414 g/mol. The fourth-order valence-corrected chi connectivity index (χ4v) is 3.31. The molecule has 3 aromatic rings. The number of ether oxygens (including phenoxy) is 2. The molecule has 2 atom stereocenters. The summed E-state index contributed by atoms with van der Waals surface area (Å²) in [5, 5.41) is 10.2. The smallest absolute Gasteiger partial charge is 0.309 e. The van der Waals surface area contributed by atoms with Crippen LogP contribution in [-0.2, 0) is 9.53 Å². The second-order valence-electron chi connectivity index (χ2n) is 6.72. The molecule has 0 spiro atoms. The van der Waals surface area contributed by atoms with Crippen LogP contribution >= 0.6 is 11.6 Å². The van der Waals surface area contributed by atoms with Crippen molar-refractivity contribution in [3.05, 3.63) is 71.1 Å². The number of hydrogen-bond acceptors (Lipinski definition) is 5. The highest BCUT2D eigenvalue weighted by molar-refractivity contribution is 6.31. The Bertz CT molecular complexity index is 1090. The van der Waals surface area contributed by atoms with Gasteiger partial charge in [0.15, 0.2) is 0 Å². The summed E-state index contributed by atoms with van der Waals surface area (Å²) in [6, 6.07) is 11.8. The van der Waals surface area contributed by atoms with Crippen LogP contribution in [0, 0.1) is 5.82 Å². The zero-order chi connectivity index (χ0) is 20.4. The van der Waals surface area contributed by atoms with E-state index in [9.17, 15) is 14.3 Å². The Labute approximate surface area is 171 Å². The van der Waals surface area contributed by atoms with Gasteiger partial charge in [0.25, 0.3) is 0 Å².